The Kier molecular flexibility index (Phi) is 5.90. The van der Waals surface area contributed by atoms with Gasteiger partial charge in [-0.3, -0.25) is 0 Å². The second-order valence-corrected chi connectivity index (χ2v) is 8.64. The molecular weight excluding hydrogens is 374 g/mol. The molecule has 0 saturated carbocycles. The molecule has 0 atom stereocenters. The maximum Gasteiger partial charge on any atom is 0.215 e. The van der Waals surface area contributed by atoms with Crippen molar-refractivity contribution in [2.45, 2.75) is 24.5 Å². The lowest BCUT2D eigenvalue weighted by molar-refractivity contribution is 0.0321. The molecule has 0 unspecified atom stereocenters. The standard InChI is InChI=1S/C19H22F2N2O3S/c20-16-5-1-14(2-6-16)18(15-3-7-17(21)8-4-15)23-27(25,26)13-19(24)9-11-22-12-10-19/h1-8,18,22-24H,9-13H2. The van der Waals surface area contributed by atoms with Crippen molar-refractivity contribution in [1.82, 2.24) is 10.0 Å². The van der Waals surface area contributed by atoms with Crippen LogP contribution >= 0.6 is 0 Å². The predicted octanol–water partition coefficient (Wildman–Crippen LogP) is 2.09. The van der Waals surface area contributed by atoms with E-state index in [4.69, 9.17) is 0 Å². The van der Waals surface area contributed by atoms with Crippen LogP contribution in [0.2, 0.25) is 0 Å². The molecule has 1 aliphatic heterocycles. The van der Waals surface area contributed by atoms with Crippen molar-refractivity contribution < 1.29 is 22.3 Å². The Labute approximate surface area is 157 Å². The third kappa shape index (κ3) is 5.32. The summed E-state index contributed by atoms with van der Waals surface area (Å²) >= 11 is 0. The van der Waals surface area contributed by atoms with Crippen molar-refractivity contribution in [3.8, 4) is 0 Å². The maximum atomic E-state index is 13.3. The van der Waals surface area contributed by atoms with E-state index in [9.17, 15) is 22.3 Å². The fourth-order valence-electron chi connectivity index (χ4n) is 3.25. The Balaban J connectivity index is 1.88. The summed E-state index contributed by atoms with van der Waals surface area (Å²) in [6.07, 6.45) is 0.678. The molecule has 5 nitrogen and oxygen atoms in total. The summed E-state index contributed by atoms with van der Waals surface area (Å²) in [7, 11) is -3.87. The monoisotopic (exact) mass is 396 g/mol. The molecule has 0 spiro atoms. The number of benzene rings is 2. The fourth-order valence-corrected chi connectivity index (χ4v) is 4.96. The van der Waals surface area contributed by atoms with Crippen LogP contribution in [0.3, 0.4) is 0 Å². The van der Waals surface area contributed by atoms with E-state index in [2.05, 4.69) is 10.0 Å². The number of sulfonamides is 1. The lowest BCUT2D eigenvalue weighted by atomic mass is 9.95. The van der Waals surface area contributed by atoms with E-state index in [0.29, 0.717) is 37.1 Å². The van der Waals surface area contributed by atoms with Gasteiger partial charge in [0.2, 0.25) is 10.0 Å². The van der Waals surface area contributed by atoms with Crippen molar-refractivity contribution in [2.24, 2.45) is 0 Å². The molecule has 1 aliphatic rings. The number of aliphatic hydroxyl groups is 1. The molecule has 1 saturated heterocycles. The number of halogens is 2. The molecule has 27 heavy (non-hydrogen) atoms. The van der Waals surface area contributed by atoms with Crippen LogP contribution in [0.1, 0.15) is 30.0 Å². The van der Waals surface area contributed by atoms with Gasteiger partial charge in [0.05, 0.1) is 17.4 Å². The highest BCUT2D eigenvalue weighted by atomic mass is 32.2. The fraction of sp³-hybridized carbons (Fsp3) is 0.368. The smallest absolute Gasteiger partial charge is 0.215 e. The molecule has 8 heteroatoms. The summed E-state index contributed by atoms with van der Waals surface area (Å²) in [5.41, 5.74) is -0.263. The number of rotatable bonds is 6. The normalized spacial score (nSPS) is 17.2. The summed E-state index contributed by atoms with van der Waals surface area (Å²) < 4.78 is 54.6. The number of piperidine rings is 1. The number of nitrogens with one attached hydrogen (secondary N) is 2. The topological polar surface area (TPSA) is 78.4 Å². The molecule has 1 fully saturated rings. The highest BCUT2D eigenvalue weighted by Gasteiger charge is 2.35. The molecule has 1 heterocycles. The quantitative estimate of drug-likeness (QED) is 0.699. The molecule has 2 aromatic rings. The minimum Gasteiger partial charge on any atom is -0.389 e. The first-order chi connectivity index (χ1) is 12.8. The van der Waals surface area contributed by atoms with Crippen LogP contribution in [0, 0.1) is 11.6 Å². The first kappa shape index (κ1) is 19.9. The average Bonchev–Trinajstić information content (AvgIpc) is 2.61. The van der Waals surface area contributed by atoms with Crippen LogP contribution in [0.5, 0.6) is 0 Å². The molecule has 0 amide bonds. The summed E-state index contributed by atoms with van der Waals surface area (Å²) in [4.78, 5) is 0. The van der Waals surface area contributed by atoms with Crippen LogP contribution < -0.4 is 10.0 Å². The molecule has 0 bridgehead atoms. The molecule has 0 aliphatic carbocycles. The van der Waals surface area contributed by atoms with Crippen molar-refractivity contribution in [1.29, 1.82) is 0 Å². The van der Waals surface area contributed by atoms with Gasteiger partial charge in [0.25, 0.3) is 0 Å². The molecule has 3 rings (SSSR count). The highest BCUT2D eigenvalue weighted by molar-refractivity contribution is 7.89. The van der Waals surface area contributed by atoms with E-state index in [0.717, 1.165) is 0 Å². The lowest BCUT2D eigenvalue weighted by Crippen LogP contribution is -2.49. The van der Waals surface area contributed by atoms with E-state index >= 15 is 0 Å². The molecular formula is C19H22F2N2O3S. The third-order valence-corrected chi connectivity index (χ3v) is 6.21. The van der Waals surface area contributed by atoms with Crippen molar-refractivity contribution in [2.75, 3.05) is 18.8 Å². The van der Waals surface area contributed by atoms with Crippen LogP contribution in [-0.4, -0.2) is 38.0 Å². The van der Waals surface area contributed by atoms with Gasteiger partial charge in [-0.05, 0) is 61.3 Å². The van der Waals surface area contributed by atoms with E-state index in [1.54, 1.807) is 0 Å². The molecule has 2 aromatic carbocycles. The highest BCUT2D eigenvalue weighted by Crippen LogP contribution is 2.26. The maximum absolute atomic E-state index is 13.3. The predicted molar refractivity (Wildman–Crippen MR) is 98.6 cm³/mol. The summed E-state index contributed by atoms with van der Waals surface area (Å²) in [5.74, 6) is -1.31. The van der Waals surface area contributed by atoms with Gasteiger partial charge in [-0.1, -0.05) is 24.3 Å². The van der Waals surface area contributed by atoms with Crippen molar-refractivity contribution in [3.63, 3.8) is 0 Å². The van der Waals surface area contributed by atoms with E-state index < -0.39 is 39.1 Å². The summed E-state index contributed by atoms with van der Waals surface area (Å²) in [6.45, 7) is 1.09. The van der Waals surface area contributed by atoms with Gasteiger partial charge in [-0.25, -0.2) is 21.9 Å². The third-order valence-electron chi connectivity index (χ3n) is 4.70. The number of hydrogen-bond acceptors (Lipinski definition) is 4. The van der Waals surface area contributed by atoms with Gasteiger partial charge in [-0.2, -0.15) is 0 Å². The van der Waals surface area contributed by atoms with Gasteiger partial charge >= 0.3 is 0 Å². The van der Waals surface area contributed by atoms with Crippen molar-refractivity contribution in [3.05, 3.63) is 71.3 Å². The van der Waals surface area contributed by atoms with E-state index in [-0.39, 0.29) is 0 Å². The van der Waals surface area contributed by atoms with Crippen molar-refractivity contribution >= 4 is 10.0 Å². The first-order valence-electron chi connectivity index (χ1n) is 8.70. The Bertz CT molecular complexity index is 819. The largest absolute Gasteiger partial charge is 0.389 e. The lowest BCUT2D eigenvalue weighted by Gasteiger charge is -2.32. The summed E-state index contributed by atoms with van der Waals surface area (Å²) in [5, 5.41) is 13.7. The SMILES string of the molecule is O=S(=O)(CC1(O)CCNCC1)NC(c1ccc(F)cc1)c1ccc(F)cc1. The zero-order valence-corrected chi connectivity index (χ0v) is 15.5. The van der Waals surface area contributed by atoms with Crippen LogP contribution in [0.4, 0.5) is 8.78 Å². The Morgan fingerprint density at radius 1 is 0.963 bits per heavy atom. The summed E-state index contributed by atoms with van der Waals surface area (Å²) in [6, 6.07) is 10.0. The van der Waals surface area contributed by atoms with Gasteiger partial charge < -0.3 is 10.4 Å². The number of hydrogen-bond donors (Lipinski definition) is 3. The molecule has 0 radical (unpaired) electrons. The second-order valence-electron chi connectivity index (χ2n) is 6.89. The molecule has 146 valence electrons. The minimum atomic E-state index is -3.87. The Morgan fingerprint density at radius 2 is 1.41 bits per heavy atom. The molecule has 3 N–H and O–H groups in total. The molecule has 0 aromatic heterocycles. The zero-order chi connectivity index (χ0) is 19.5. The van der Waals surface area contributed by atoms with Crippen LogP contribution in [0.25, 0.3) is 0 Å². The van der Waals surface area contributed by atoms with Gasteiger partial charge in [-0.15, -0.1) is 0 Å². The van der Waals surface area contributed by atoms with Gasteiger partial charge in [0.1, 0.15) is 11.6 Å². The second kappa shape index (κ2) is 8.02. The minimum absolute atomic E-state index is 0.339. The Morgan fingerprint density at radius 3 is 1.85 bits per heavy atom. The first-order valence-corrected chi connectivity index (χ1v) is 10.4. The van der Waals surface area contributed by atoms with Gasteiger partial charge in [0.15, 0.2) is 0 Å². The average molecular weight is 396 g/mol. The van der Waals surface area contributed by atoms with E-state index in [1.165, 1.54) is 48.5 Å². The zero-order valence-electron chi connectivity index (χ0n) is 14.7. The Hall–Kier alpha value is -1.87. The van der Waals surface area contributed by atoms with Crippen LogP contribution in [0.15, 0.2) is 48.5 Å². The van der Waals surface area contributed by atoms with E-state index in [1.807, 2.05) is 0 Å². The van der Waals surface area contributed by atoms with Gasteiger partial charge in [0, 0.05) is 0 Å². The van der Waals surface area contributed by atoms with Crippen LogP contribution in [-0.2, 0) is 10.0 Å².